The van der Waals surface area contributed by atoms with Gasteiger partial charge in [-0.2, -0.15) is 0 Å². The number of benzene rings is 3. The van der Waals surface area contributed by atoms with E-state index >= 15 is 0 Å². The molecule has 0 aromatic heterocycles. The van der Waals surface area contributed by atoms with Crippen LogP contribution in [0.15, 0.2) is 48.5 Å². The molecule has 0 saturated carbocycles. The summed E-state index contributed by atoms with van der Waals surface area (Å²) in [5.41, 5.74) is 0.408. The van der Waals surface area contributed by atoms with E-state index in [1.54, 1.807) is 13.0 Å². The van der Waals surface area contributed by atoms with Gasteiger partial charge in [-0.1, -0.05) is 43.3 Å². The number of rotatable bonds is 2. The lowest BCUT2D eigenvalue weighted by Crippen LogP contribution is -1.97. The SMILES string of the molecule is CCC(=O)c1ccc2c(ccc3ccccc32)c1O. The van der Waals surface area contributed by atoms with Gasteiger partial charge in [-0.25, -0.2) is 0 Å². The smallest absolute Gasteiger partial charge is 0.166 e. The Morgan fingerprint density at radius 3 is 2.47 bits per heavy atom. The fourth-order valence-corrected chi connectivity index (χ4v) is 2.49. The highest BCUT2D eigenvalue weighted by Crippen LogP contribution is 2.34. The van der Waals surface area contributed by atoms with Gasteiger partial charge in [0, 0.05) is 11.8 Å². The molecule has 0 unspecified atom stereocenters. The zero-order chi connectivity index (χ0) is 13.4. The van der Waals surface area contributed by atoms with Crippen LogP contribution in [0.4, 0.5) is 0 Å². The first kappa shape index (κ1) is 11.7. The lowest BCUT2D eigenvalue weighted by molar-refractivity contribution is 0.0986. The lowest BCUT2D eigenvalue weighted by Gasteiger charge is -2.09. The lowest BCUT2D eigenvalue weighted by atomic mass is 9.97. The largest absolute Gasteiger partial charge is 0.507 e. The minimum Gasteiger partial charge on any atom is -0.507 e. The highest BCUT2D eigenvalue weighted by atomic mass is 16.3. The molecule has 3 aromatic rings. The monoisotopic (exact) mass is 250 g/mol. The molecule has 2 nitrogen and oxygen atoms in total. The second kappa shape index (κ2) is 4.39. The number of fused-ring (bicyclic) bond motifs is 3. The van der Waals surface area contributed by atoms with Crippen molar-refractivity contribution in [1.29, 1.82) is 0 Å². The first-order valence-corrected chi connectivity index (χ1v) is 6.39. The van der Waals surface area contributed by atoms with E-state index in [-0.39, 0.29) is 11.5 Å². The van der Waals surface area contributed by atoms with Crippen molar-refractivity contribution in [2.75, 3.05) is 0 Å². The van der Waals surface area contributed by atoms with Gasteiger partial charge in [0.15, 0.2) is 5.78 Å². The van der Waals surface area contributed by atoms with E-state index in [9.17, 15) is 9.90 Å². The third-order valence-corrected chi connectivity index (χ3v) is 3.52. The van der Waals surface area contributed by atoms with Crippen LogP contribution in [0.25, 0.3) is 21.5 Å². The maximum atomic E-state index is 11.8. The van der Waals surface area contributed by atoms with Crippen molar-refractivity contribution < 1.29 is 9.90 Å². The standard InChI is InChI=1S/C17H14O2/c1-2-16(18)15-10-9-13-12-6-4-3-5-11(12)7-8-14(13)17(15)19/h3-10,19H,2H2,1H3. The maximum Gasteiger partial charge on any atom is 0.166 e. The molecule has 1 N–H and O–H groups in total. The summed E-state index contributed by atoms with van der Waals surface area (Å²) >= 11 is 0. The van der Waals surface area contributed by atoms with E-state index in [1.807, 2.05) is 42.5 Å². The molecule has 0 bridgehead atoms. The molecule has 0 aliphatic rings. The predicted octanol–water partition coefficient (Wildman–Crippen LogP) is 4.29. The summed E-state index contributed by atoms with van der Waals surface area (Å²) in [5.74, 6) is 0.0580. The Morgan fingerprint density at radius 1 is 0.947 bits per heavy atom. The van der Waals surface area contributed by atoms with Crippen molar-refractivity contribution in [2.45, 2.75) is 13.3 Å². The van der Waals surface area contributed by atoms with Gasteiger partial charge >= 0.3 is 0 Å². The zero-order valence-corrected chi connectivity index (χ0v) is 10.7. The Morgan fingerprint density at radius 2 is 1.68 bits per heavy atom. The van der Waals surface area contributed by atoms with E-state index in [0.29, 0.717) is 12.0 Å². The Balaban J connectivity index is 2.39. The number of phenolic OH excluding ortho intramolecular Hbond substituents is 1. The maximum absolute atomic E-state index is 11.8. The quantitative estimate of drug-likeness (QED) is 0.544. The van der Waals surface area contributed by atoms with Crippen LogP contribution >= 0.6 is 0 Å². The molecule has 0 aliphatic heterocycles. The summed E-state index contributed by atoms with van der Waals surface area (Å²) in [5, 5.41) is 14.2. The fraction of sp³-hybridized carbons (Fsp3) is 0.118. The average molecular weight is 250 g/mol. The van der Waals surface area contributed by atoms with Crippen LogP contribution in [0.5, 0.6) is 5.75 Å². The summed E-state index contributed by atoms with van der Waals surface area (Å²) in [6.45, 7) is 1.80. The summed E-state index contributed by atoms with van der Waals surface area (Å²) in [7, 11) is 0. The Labute approximate surface area is 111 Å². The first-order valence-electron chi connectivity index (χ1n) is 6.39. The van der Waals surface area contributed by atoms with Gasteiger partial charge in [0.05, 0.1) is 5.56 Å². The Bertz CT molecular complexity index is 788. The van der Waals surface area contributed by atoms with E-state index < -0.39 is 0 Å². The second-order valence-corrected chi connectivity index (χ2v) is 4.62. The minimum absolute atomic E-state index is 0.0347. The Hall–Kier alpha value is -2.35. The van der Waals surface area contributed by atoms with Crippen molar-refractivity contribution in [3.05, 3.63) is 54.1 Å². The third kappa shape index (κ3) is 1.76. The molecule has 0 aliphatic carbocycles. The average Bonchev–Trinajstić information content (AvgIpc) is 2.46. The molecule has 2 heteroatoms. The highest BCUT2D eigenvalue weighted by molar-refractivity contribution is 6.13. The molecule has 3 rings (SSSR count). The van der Waals surface area contributed by atoms with Crippen LogP contribution in [0.1, 0.15) is 23.7 Å². The molecule has 0 fully saturated rings. The Kier molecular flexibility index (Phi) is 2.71. The van der Waals surface area contributed by atoms with Gasteiger partial charge in [0.1, 0.15) is 5.75 Å². The van der Waals surface area contributed by atoms with Crippen molar-refractivity contribution in [3.63, 3.8) is 0 Å². The predicted molar refractivity (Wildman–Crippen MR) is 77.7 cm³/mol. The van der Waals surface area contributed by atoms with Crippen LogP contribution < -0.4 is 0 Å². The van der Waals surface area contributed by atoms with E-state index in [2.05, 4.69) is 0 Å². The summed E-state index contributed by atoms with van der Waals surface area (Å²) < 4.78 is 0. The van der Waals surface area contributed by atoms with Gasteiger partial charge < -0.3 is 5.11 Å². The van der Waals surface area contributed by atoms with Gasteiger partial charge in [-0.15, -0.1) is 0 Å². The molecule has 0 saturated heterocycles. The number of carbonyl (C=O) groups is 1. The molecular weight excluding hydrogens is 236 g/mol. The second-order valence-electron chi connectivity index (χ2n) is 4.62. The number of Topliss-reactive ketones (excluding diaryl/α,β-unsaturated/α-hetero) is 1. The first-order chi connectivity index (χ1) is 9.22. The van der Waals surface area contributed by atoms with Crippen molar-refractivity contribution in [1.82, 2.24) is 0 Å². The van der Waals surface area contributed by atoms with Crippen molar-refractivity contribution in [3.8, 4) is 5.75 Å². The van der Waals surface area contributed by atoms with E-state index in [4.69, 9.17) is 0 Å². The molecule has 0 spiro atoms. The summed E-state index contributed by atoms with van der Waals surface area (Å²) in [6.07, 6.45) is 0.395. The van der Waals surface area contributed by atoms with Crippen LogP contribution in [-0.2, 0) is 0 Å². The van der Waals surface area contributed by atoms with Crippen molar-refractivity contribution >= 4 is 27.3 Å². The number of phenols is 1. The molecular formula is C17H14O2. The minimum atomic E-state index is -0.0347. The highest BCUT2D eigenvalue weighted by Gasteiger charge is 2.13. The fourth-order valence-electron chi connectivity index (χ4n) is 2.49. The molecule has 0 heterocycles. The molecule has 0 amide bonds. The van der Waals surface area contributed by atoms with Crippen LogP contribution in [-0.4, -0.2) is 10.9 Å². The molecule has 3 aromatic carbocycles. The molecule has 0 radical (unpaired) electrons. The normalized spacial score (nSPS) is 11.0. The summed E-state index contributed by atoms with van der Waals surface area (Å²) in [4.78, 5) is 11.8. The van der Waals surface area contributed by atoms with Crippen LogP contribution in [0.3, 0.4) is 0 Å². The van der Waals surface area contributed by atoms with Crippen LogP contribution in [0, 0.1) is 0 Å². The van der Waals surface area contributed by atoms with Crippen LogP contribution in [0.2, 0.25) is 0 Å². The van der Waals surface area contributed by atoms with Gasteiger partial charge in [-0.3, -0.25) is 4.79 Å². The topological polar surface area (TPSA) is 37.3 Å². The number of ketones is 1. The molecule has 0 atom stereocenters. The number of hydrogen-bond donors (Lipinski definition) is 1. The number of aromatic hydroxyl groups is 1. The number of carbonyl (C=O) groups excluding carboxylic acids is 1. The summed E-state index contributed by atoms with van der Waals surface area (Å²) in [6, 6.07) is 15.5. The molecule has 19 heavy (non-hydrogen) atoms. The zero-order valence-electron chi connectivity index (χ0n) is 10.7. The van der Waals surface area contributed by atoms with Gasteiger partial charge in [0.2, 0.25) is 0 Å². The van der Waals surface area contributed by atoms with E-state index in [1.165, 1.54) is 0 Å². The van der Waals surface area contributed by atoms with Crippen molar-refractivity contribution in [2.24, 2.45) is 0 Å². The third-order valence-electron chi connectivity index (χ3n) is 3.52. The van der Waals surface area contributed by atoms with Gasteiger partial charge in [-0.05, 0) is 28.3 Å². The molecule has 94 valence electrons. The van der Waals surface area contributed by atoms with Gasteiger partial charge in [0.25, 0.3) is 0 Å². The number of hydrogen-bond acceptors (Lipinski definition) is 2. The van der Waals surface area contributed by atoms with E-state index in [0.717, 1.165) is 21.5 Å².